The number of ether oxygens (including phenoxy) is 2. The van der Waals surface area contributed by atoms with Crippen LogP contribution in [0.3, 0.4) is 0 Å². The van der Waals surface area contributed by atoms with Crippen molar-refractivity contribution >= 4 is 17.7 Å². The van der Waals surface area contributed by atoms with Gasteiger partial charge in [0.05, 0.1) is 0 Å². The van der Waals surface area contributed by atoms with E-state index in [2.05, 4.69) is 4.79 Å². The fourth-order valence-corrected chi connectivity index (χ4v) is 1.50. The third-order valence-corrected chi connectivity index (χ3v) is 2.36. The summed E-state index contributed by atoms with van der Waals surface area (Å²) in [5.74, 6) is -3.53. The van der Waals surface area contributed by atoms with Gasteiger partial charge in [0.2, 0.25) is 0 Å². The summed E-state index contributed by atoms with van der Waals surface area (Å²) in [6, 6.07) is 8.53. The Labute approximate surface area is 96.4 Å². The van der Waals surface area contributed by atoms with E-state index >= 15 is 0 Å². The van der Waals surface area contributed by atoms with Crippen LogP contribution in [-0.2, 0) is 24.8 Å². The minimum Gasteiger partial charge on any atom is -0.409 e. The van der Waals surface area contributed by atoms with Crippen LogP contribution in [0.1, 0.15) is 12.5 Å². The summed E-state index contributed by atoms with van der Waals surface area (Å²) in [4.78, 5) is 25.4. The second-order valence-corrected chi connectivity index (χ2v) is 3.54. The molecule has 0 N–H and O–H groups in total. The number of esters is 2. The number of hydrogen-bond acceptors (Lipinski definition) is 4. The van der Waals surface area contributed by atoms with Gasteiger partial charge in [0.1, 0.15) is 0 Å². The van der Waals surface area contributed by atoms with Gasteiger partial charge in [-0.15, -0.1) is 0 Å². The van der Waals surface area contributed by atoms with Crippen LogP contribution in [0.15, 0.2) is 30.3 Å². The maximum Gasteiger partial charge on any atom is 0.482 e. The van der Waals surface area contributed by atoms with Crippen LogP contribution in [0.5, 0.6) is 0 Å². The van der Waals surface area contributed by atoms with Crippen LogP contribution in [0.25, 0.3) is 5.53 Å². The summed E-state index contributed by atoms with van der Waals surface area (Å²) in [6.07, 6.45) is 0. The van der Waals surface area contributed by atoms with E-state index < -0.39 is 23.4 Å². The van der Waals surface area contributed by atoms with E-state index in [9.17, 15) is 9.59 Å². The van der Waals surface area contributed by atoms with Crippen LogP contribution in [0, 0.1) is 0 Å². The number of cyclic esters (lactones) is 2. The Morgan fingerprint density at radius 1 is 1.12 bits per heavy atom. The van der Waals surface area contributed by atoms with Gasteiger partial charge in [-0.05, 0) is 0 Å². The quantitative estimate of drug-likeness (QED) is 0.403. The third kappa shape index (κ3) is 1.81. The molecule has 0 saturated carbocycles. The Morgan fingerprint density at radius 3 is 2.12 bits per heavy atom. The fraction of sp³-hybridized carbons (Fsp3) is 0.182. The molecule has 0 amide bonds. The van der Waals surface area contributed by atoms with E-state index in [0.717, 1.165) is 0 Å². The molecule has 86 valence electrons. The summed E-state index contributed by atoms with van der Waals surface area (Å²) in [6.45, 7) is 1.44. The molecule has 0 unspecified atom stereocenters. The van der Waals surface area contributed by atoms with Gasteiger partial charge in [0.15, 0.2) is 0 Å². The highest BCUT2D eigenvalue weighted by molar-refractivity contribution is 6.61. The highest BCUT2D eigenvalue weighted by atomic mass is 16.7. The van der Waals surface area contributed by atoms with Crippen molar-refractivity contribution < 1.29 is 23.9 Å². The van der Waals surface area contributed by atoms with Crippen LogP contribution >= 0.6 is 0 Å². The number of carbonyl (C=O) groups is 2. The molecule has 17 heavy (non-hydrogen) atoms. The predicted molar refractivity (Wildman–Crippen MR) is 54.6 cm³/mol. The van der Waals surface area contributed by atoms with Crippen molar-refractivity contribution in [3.8, 4) is 0 Å². The van der Waals surface area contributed by atoms with Crippen LogP contribution in [0.4, 0.5) is 0 Å². The molecule has 0 radical (unpaired) electrons. The summed E-state index contributed by atoms with van der Waals surface area (Å²) >= 11 is 0. The topological polar surface area (TPSA) is 89.0 Å². The van der Waals surface area contributed by atoms with Crippen LogP contribution < -0.4 is 0 Å². The molecule has 1 aliphatic rings. The summed E-state index contributed by atoms with van der Waals surface area (Å²) in [5, 5.41) is 0. The molecular formula is C11H8N2O4. The molecule has 0 aliphatic carbocycles. The summed E-state index contributed by atoms with van der Waals surface area (Å²) in [5.41, 5.74) is 8.21. The van der Waals surface area contributed by atoms with Gasteiger partial charge in [-0.25, -0.2) is 9.59 Å². The molecule has 0 spiro atoms. The van der Waals surface area contributed by atoms with E-state index in [4.69, 9.17) is 15.0 Å². The number of rotatable bonds is 1. The van der Waals surface area contributed by atoms with Gasteiger partial charge in [-0.3, -0.25) is 0 Å². The Kier molecular flexibility index (Phi) is 2.49. The van der Waals surface area contributed by atoms with E-state index in [0.29, 0.717) is 5.56 Å². The first kappa shape index (κ1) is 11.0. The van der Waals surface area contributed by atoms with Gasteiger partial charge in [-0.1, -0.05) is 30.3 Å². The molecule has 1 fully saturated rings. The molecule has 0 atom stereocenters. The summed E-state index contributed by atoms with van der Waals surface area (Å²) < 4.78 is 9.92. The summed E-state index contributed by atoms with van der Waals surface area (Å²) in [7, 11) is 0. The Morgan fingerprint density at radius 2 is 1.65 bits per heavy atom. The van der Waals surface area contributed by atoms with Crippen molar-refractivity contribution in [2.45, 2.75) is 12.7 Å². The third-order valence-electron chi connectivity index (χ3n) is 2.36. The normalized spacial score (nSPS) is 23.7. The second-order valence-electron chi connectivity index (χ2n) is 3.54. The molecule has 1 aromatic rings. The molecular weight excluding hydrogens is 224 g/mol. The first-order valence-corrected chi connectivity index (χ1v) is 4.81. The first-order chi connectivity index (χ1) is 8.07. The lowest BCUT2D eigenvalue weighted by atomic mass is 10.1. The lowest BCUT2D eigenvalue weighted by molar-refractivity contribution is -0.232. The van der Waals surface area contributed by atoms with E-state index in [1.54, 1.807) is 30.3 Å². The highest BCUT2D eigenvalue weighted by Crippen LogP contribution is 2.29. The zero-order chi connectivity index (χ0) is 12.5. The van der Waals surface area contributed by atoms with E-state index in [1.165, 1.54) is 6.92 Å². The van der Waals surface area contributed by atoms with Crippen molar-refractivity contribution in [3.05, 3.63) is 41.4 Å². The van der Waals surface area contributed by atoms with Gasteiger partial charge in [-0.2, -0.15) is 4.79 Å². The van der Waals surface area contributed by atoms with Crippen molar-refractivity contribution in [1.29, 1.82) is 0 Å². The van der Waals surface area contributed by atoms with Gasteiger partial charge >= 0.3 is 17.7 Å². The Bertz CT molecular complexity index is 512. The van der Waals surface area contributed by atoms with Crippen molar-refractivity contribution in [2.24, 2.45) is 0 Å². The molecule has 6 heteroatoms. The first-order valence-electron chi connectivity index (χ1n) is 4.81. The maximum atomic E-state index is 11.4. The molecule has 0 aromatic heterocycles. The van der Waals surface area contributed by atoms with E-state index in [1.807, 2.05) is 0 Å². The second kappa shape index (κ2) is 3.84. The van der Waals surface area contributed by atoms with Gasteiger partial charge < -0.3 is 15.0 Å². The smallest absolute Gasteiger partial charge is 0.409 e. The number of nitrogens with zero attached hydrogens (tertiary/aromatic N) is 2. The molecule has 1 heterocycles. The van der Waals surface area contributed by atoms with Crippen molar-refractivity contribution in [3.63, 3.8) is 0 Å². The average Bonchev–Trinajstić information content (AvgIpc) is 2.29. The molecule has 1 saturated heterocycles. The van der Waals surface area contributed by atoms with Gasteiger partial charge in [0, 0.05) is 12.5 Å². The average molecular weight is 232 g/mol. The molecule has 0 bridgehead atoms. The predicted octanol–water partition coefficient (Wildman–Crippen LogP) is 0.630. The molecule has 1 aromatic carbocycles. The highest BCUT2D eigenvalue weighted by Gasteiger charge is 2.50. The molecule has 6 nitrogen and oxygen atoms in total. The van der Waals surface area contributed by atoms with E-state index in [-0.39, 0.29) is 0 Å². The molecule has 1 aliphatic heterocycles. The SMILES string of the molecule is CC1(c2ccccc2)OC(=O)C(=[N+]=[N-])C(=O)O1. The maximum absolute atomic E-state index is 11.4. The molecule has 2 rings (SSSR count). The largest absolute Gasteiger partial charge is 0.482 e. The van der Waals surface area contributed by atoms with Crippen LogP contribution in [-0.4, -0.2) is 22.4 Å². The zero-order valence-corrected chi connectivity index (χ0v) is 8.91. The minimum absolute atomic E-state index is 0.513. The Balaban J connectivity index is 2.40. The lowest BCUT2D eigenvalue weighted by Crippen LogP contribution is -2.47. The van der Waals surface area contributed by atoms with Gasteiger partial charge in [0.25, 0.3) is 5.79 Å². The van der Waals surface area contributed by atoms with Crippen molar-refractivity contribution in [1.82, 2.24) is 0 Å². The fourth-order valence-electron chi connectivity index (χ4n) is 1.50. The zero-order valence-electron chi connectivity index (χ0n) is 8.91. The Hall–Kier alpha value is -2.46. The van der Waals surface area contributed by atoms with Crippen LogP contribution in [0.2, 0.25) is 0 Å². The number of benzene rings is 1. The number of carbonyl (C=O) groups excluding carboxylic acids is 2. The number of hydrogen-bond donors (Lipinski definition) is 0. The standard InChI is InChI=1S/C11H8N2O4/c1-11(7-5-3-2-4-6-7)16-9(14)8(13-12)10(15)17-11/h2-6H,1H3. The van der Waals surface area contributed by atoms with Crippen molar-refractivity contribution in [2.75, 3.05) is 0 Å². The lowest BCUT2D eigenvalue weighted by Gasteiger charge is -2.30. The monoisotopic (exact) mass is 232 g/mol. The minimum atomic E-state index is -1.50.